The van der Waals surface area contributed by atoms with Crippen molar-refractivity contribution in [2.24, 2.45) is 0 Å². The number of rotatable bonds is 3. The third kappa shape index (κ3) is 3.54. The molecule has 1 spiro atoms. The summed E-state index contributed by atoms with van der Waals surface area (Å²) >= 11 is 0. The number of fused-ring (bicyclic) bond motifs is 2. The van der Waals surface area contributed by atoms with Gasteiger partial charge in [-0.25, -0.2) is 9.18 Å². The van der Waals surface area contributed by atoms with Crippen LogP contribution in [0.15, 0.2) is 72.8 Å². The summed E-state index contributed by atoms with van der Waals surface area (Å²) in [5.74, 6) is 0.146. The molecule has 0 radical (unpaired) electrons. The highest BCUT2D eigenvalue weighted by molar-refractivity contribution is 5.96. The van der Waals surface area contributed by atoms with Gasteiger partial charge in [0.15, 0.2) is 5.60 Å². The summed E-state index contributed by atoms with van der Waals surface area (Å²) in [6.45, 7) is 0.904. The summed E-state index contributed by atoms with van der Waals surface area (Å²) < 4.78 is 24.7. The van der Waals surface area contributed by atoms with Gasteiger partial charge in [0, 0.05) is 17.7 Å². The van der Waals surface area contributed by atoms with Gasteiger partial charge in [-0.05, 0) is 61.4 Å². The van der Waals surface area contributed by atoms with Crippen LogP contribution in [-0.2, 0) is 10.3 Å². The van der Waals surface area contributed by atoms with Gasteiger partial charge in [0.25, 0.3) is 5.91 Å². The van der Waals surface area contributed by atoms with Gasteiger partial charge in [0.2, 0.25) is 0 Å². The molecule has 0 aliphatic carbocycles. The molecule has 6 heteroatoms. The van der Waals surface area contributed by atoms with E-state index in [-0.39, 0.29) is 17.7 Å². The Hall–Kier alpha value is -3.67. The zero-order chi connectivity index (χ0) is 21.4. The highest BCUT2D eigenvalue weighted by Crippen LogP contribution is 2.43. The number of hydrogen-bond acceptors (Lipinski definition) is 4. The summed E-state index contributed by atoms with van der Waals surface area (Å²) in [4.78, 5) is 27.4. The second kappa shape index (κ2) is 7.54. The van der Waals surface area contributed by atoms with E-state index in [1.165, 1.54) is 24.3 Å². The molecule has 2 heterocycles. The molecule has 1 saturated heterocycles. The Morgan fingerprint density at radius 2 is 1.81 bits per heavy atom. The molecule has 1 amide bonds. The maximum atomic E-state index is 13.3. The van der Waals surface area contributed by atoms with Gasteiger partial charge in [0.1, 0.15) is 17.3 Å². The van der Waals surface area contributed by atoms with Gasteiger partial charge in [-0.1, -0.05) is 24.3 Å². The maximum absolute atomic E-state index is 13.3. The van der Waals surface area contributed by atoms with E-state index in [1.807, 2.05) is 18.2 Å². The van der Waals surface area contributed by atoms with Crippen LogP contribution in [0.3, 0.4) is 0 Å². The highest BCUT2D eigenvalue weighted by atomic mass is 19.1. The van der Waals surface area contributed by atoms with Gasteiger partial charge in [-0.3, -0.25) is 4.79 Å². The average molecular weight is 417 g/mol. The van der Waals surface area contributed by atoms with Crippen molar-refractivity contribution in [2.75, 3.05) is 13.1 Å². The third-order valence-electron chi connectivity index (χ3n) is 5.80. The van der Waals surface area contributed by atoms with E-state index in [0.29, 0.717) is 42.1 Å². The summed E-state index contributed by atoms with van der Waals surface area (Å²) in [7, 11) is 0. The molecule has 0 saturated carbocycles. The van der Waals surface area contributed by atoms with Crippen LogP contribution in [0.25, 0.3) is 0 Å². The molecule has 0 N–H and O–H groups in total. The van der Waals surface area contributed by atoms with Crippen molar-refractivity contribution < 1.29 is 23.5 Å². The van der Waals surface area contributed by atoms with Crippen molar-refractivity contribution in [3.63, 3.8) is 0 Å². The van der Waals surface area contributed by atoms with E-state index in [0.717, 1.165) is 12.0 Å². The highest BCUT2D eigenvalue weighted by Gasteiger charge is 2.48. The molecule has 0 bridgehead atoms. The molecule has 0 aromatic heterocycles. The molecule has 1 unspecified atom stereocenters. The zero-order valence-electron chi connectivity index (χ0n) is 16.7. The smallest absolute Gasteiger partial charge is 0.339 e. The number of nitrogens with zero attached hydrogens (tertiary/aromatic N) is 1. The first-order valence-electron chi connectivity index (χ1n) is 10.2. The lowest BCUT2D eigenvalue weighted by Gasteiger charge is -2.39. The van der Waals surface area contributed by atoms with E-state index < -0.39 is 5.60 Å². The van der Waals surface area contributed by atoms with Crippen LogP contribution < -0.4 is 4.74 Å². The van der Waals surface area contributed by atoms with Crippen molar-refractivity contribution in [1.82, 2.24) is 4.90 Å². The summed E-state index contributed by atoms with van der Waals surface area (Å²) in [6, 6.07) is 20.0. The lowest BCUT2D eigenvalue weighted by molar-refractivity contribution is -0.0442. The van der Waals surface area contributed by atoms with Gasteiger partial charge >= 0.3 is 5.97 Å². The molecule has 2 aliphatic heterocycles. The molecule has 3 aromatic carbocycles. The van der Waals surface area contributed by atoms with Crippen molar-refractivity contribution >= 4 is 11.9 Å². The second-order valence-electron chi connectivity index (χ2n) is 7.84. The molecule has 2 aliphatic rings. The number of carbonyl (C=O) groups is 2. The Morgan fingerprint density at radius 1 is 1.00 bits per heavy atom. The predicted molar refractivity (Wildman–Crippen MR) is 112 cm³/mol. The third-order valence-corrected chi connectivity index (χ3v) is 5.80. The predicted octanol–water partition coefficient (Wildman–Crippen LogP) is 4.92. The van der Waals surface area contributed by atoms with Crippen molar-refractivity contribution in [2.45, 2.75) is 18.4 Å². The van der Waals surface area contributed by atoms with Crippen LogP contribution >= 0.6 is 0 Å². The van der Waals surface area contributed by atoms with Gasteiger partial charge < -0.3 is 14.4 Å². The standard InChI is InChI=1S/C25H20FNO4/c26-18-9-11-19(12-10-18)30-20-6-3-5-17(15-20)23(28)27-14-4-13-25(16-27)22-8-2-1-7-21(22)24(29)31-25/h1-3,5-12,15H,4,13-14,16H2. The van der Waals surface area contributed by atoms with E-state index in [1.54, 1.807) is 35.2 Å². The Morgan fingerprint density at radius 3 is 2.65 bits per heavy atom. The van der Waals surface area contributed by atoms with E-state index in [9.17, 15) is 14.0 Å². The van der Waals surface area contributed by atoms with Crippen LogP contribution in [-0.4, -0.2) is 29.9 Å². The first-order chi connectivity index (χ1) is 15.0. The number of piperidine rings is 1. The number of hydrogen-bond donors (Lipinski definition) is 0. The minimum absolute atomic E-state index is 0.149. The van der Waals surface area contributed by atoms with E-state index >= 15 is 0 Å². The average Bonchev–Trinajstić information content (AvgIpc) is 3.06. The number of halogens is 1. The van der Waals surface area contributed by atoms with Crippen LogP contribution in [0.2, 0.25) is 0 Å². The Labute approximate surface area is 179 Å². The lowest BCUT2D eigenvalue weighted by atomic mass is 9.85. The molecule has 5 rings (SSSR count). The largest absolute Gasteiger partial charge is 0.457 e. The minimum Gasteiger partial charge on any atom is -0.457 e. The number of esters is 1. The minimum atomic E-state index is -0.788. The van der Waals surface area contributed by atoms with E-state index in [4.69, 9.17) is 9.47 Å². The molecule has 3 aromatic rings. The van der Waals surface area contributed by atoms with Crippen LogP contribution in [0, 0.1) is 5.82 Å². The van der Waals surface area contributed by atoms with E-state index in [2.05, 4.69) is 0 Å². The number of ether oxygens (including phenoxy) is 2. The van der Waals surface area contributed by atoms with Crippen molar-refractivity contribution in [1.29, 1.82) is 0 Å². The fourth-order valence-electron chi connectivity index (χ4n) is 4.36. The fourth-order valence-corrected chi connectivity index (χ4v) is 4.36. The van der Waals surface area contributed by atoms with Gasteiger partial charge in [0.05, 0.1) is 12.1 Å². The fraction of sp³-hybridized carbons (Fsp3) is 0.200. The van der Waals surface area contributed by atoms with Crippen molar-refractivity contribution in [3.05, 3.63) is 95.3 Å². The van der Waals surface area contributed by atoms with Crippen molar-refractivity contribution in [3.8, 4) is 11.5 Å². The molecule has 5 nitrogen and oxygen atoms in total. The van der Waals surface area contributed by atoms with Crippen LogP contribution in [0.1, 0.15) is 39.1 Å². The SMILES string of the molecule is O=C1OC2(CCCN(C(=O)c3cccc(Oc4ccc(F)cc4)c3)C2)c2ccccc21. The topological polar surface area (TPSA) is 55.8 Å². The Bertz CT molecular complexity index is 1160. The van der Waals surface area contributed by atoms with Crippen LogP contribution in [0.4, 0.5) is 4.39 Å². The normalized spacial score (nSPS) is 19.8. The Balaban J connectivity index is 1.37. The molecular weight excluding hydrogens is 397 g/mol. The summed E-state index contributed by atoms with van der Waals surface area (Å²) in [6.07, 6.45) is 1.42. The maximum Gasteiger partial charge on any atom is 0.339 e. The second-order valence-corrected chi connectivity index (χ2v) is 7.84. The number of likely N-dealkylation sites (tertiary alicyclic amines) is 1. The first kappa shape index (κ1) is 19.3. The zero-order valence-corrected chi connectivity index (χ0v) is 16.7. The molecule has 156 valence electrons. The van der Waals surface area contributed by atoms with Gasteiger partial charge in [-0.2, -0.15) is 0 Å². The summed E-state index contributed by atoms with van der Waals surface area (Å²) in [5.41, 5.74) is 1.12. The van der Waals surface area contributed by atoms with Crippen LogP contribution in [0.5, 0.6) is 11.5 Å². The molecule has 1 fully saturated rings. The van der Waals surface area contributed by atoms with Gasteiger partial charge in [-0.15, -0.1) is 0 Å². The molecule has 31 heavy (non-hydrogen) atoms. The summed E-state index contributed by atoms with van der Waals surface area (Å²) in [5, 5.41) is 0. The number of amides is 1. The lowest BCUT2D eigenvalue weighted by Crippen LogP contribution is -2.48. The number of benzene rings is 3. The first-order valence-corrected chi connectivity index (χ1v) is 10.2. The quantitative estimate of drug-likeness (QED) is 0.568. The molecular formula is C25H20FNO4. The molecule has 1 atom stereocenters. The number of carbonyl (C=O) groups excluding carboxylic acids is 2. The Kier molecular flexibility index (Phi) is 4.70. The monoisotopic (exact) mass is 417 g/mol.